The van der Waals surface area contributed by atoms with Crippen LogP contribution < -0.4 is 15.4 Å². The van der Waals surface area contributed by atoms with Crippen molar-refractivity contribution in [3.63, 3.8) is 0 Å². The molecule has 3 rings (SSSR count). The molecule has 2 aromatic carbocycles. The number of nitrogens with zero attached hydrogens (tertiary/aromatic N) is 3. The molecule has 3 aromatic rings. The number of hydrogen-bond donors (Lipinski definition) is 2. The third-order valence-electron chi connectivity index (χ3n) is 4.68. The summed E-state index contributed by atoms with van der Waals surface area (Å²) in [5, 5.41) is 9.61. The van der Waals surface area contributed by atoms with Crippen LogP contribution in [0.15, 0.2) is 54.7 Å². The van der Waals surface area contributed by atoms with Crippen molar-refractivity contribution in [2.75, 3.05) is 33.1 Å². The number of carbonyl (C=O) groups is 2. The molecule has 0 aliphatic rings. The van der Waals surface area contributed by atoms with Crippen molar-refractivity contribution in [1.29, 1.82) is 0 Å². The molecular weight excluding hydrogens is 451 g/mol. The predicted octanol–water partition coefficient (Wildman–Crippen LogP) is 3.33. The highest BCUT2D eigenvalue weighted by Crippen LogP contribution is 2.30. The maximum Gasteiger partial charge on any atom is 0.416 e. The molecule has 0 unspecified atom stereocenters. The van der Waals surface area contributed by atoms with Crippen LogP contribution in [0.25, 0.3) is 5.69 Å². The van der Waals surface area contributed by atoms with E-state index in [9.17, 15) is 22.8 Å². The van der Waals surface area contributed by atoms with E-state index in [2.05, 4.69) is 15.7 Å². The summed E-state index contributed by atoms with van der Waals surface area (Å²) >= 11 is 0. The van der Waals surface area contributed by atoms with Gasteiger partial charge in [-0.05, 0) is 50.0 Å². The minimum Gasteiger partial charge on any atom is -0.493 e. The van der Waals surface area contributed by atoms with E-state index in [1.807, 2.05) is 0 Å². The van der Waals surface area contributed by atoms with Crippen LogP contribution >= 0.6 is 0 Å². The van der Waals surface area contributed by atoms with Crippen LogP contribution in [0, 0.1) is 0 Å². The third kappa shape index (κ3) is 6.35. The number of rotatable bonds is 8. The maximum absolute atomic E-state index is 13.0. The lowest BCUT2D eigenvalue weighted by Crippen LogP contribution is -2.27. The number of aromatic nitrogens is 2. The molecule has 0 atom stereocenters. The third-order valence-corrected chi connectivity index (χ3v) is 4.68. The number of alkyl halides is 3. The molecule has 0 spiro atoms. The fourth-order valence-corrected chi connectivity index (χ4v) is 3.13. The maximum atomic E-state index is 13.0. The zero-order valence-corrected chi connectivity index (χ0v) is 18.8. The van der Waals surface area contributed by atoms with Gasteiger partial charge in [0.25, 0.3) is 5.91 Å². The van der Waals surface area contributed by atoms with Crippen LogP contribution in [0.3, 0.4) is 0 Å². The van der Waals surface area contributed by atoms with Gasteiger partial charge in [0.2, 0.25) is 5.91 Å². The van der Waals surface area contributed by atoms with Crippen molar-refractivity contribution < 1.29 is 27.5 Å². The number of amides is 2. The molecule has 0 aliphatic heterocycles. The number of ether oxygens (including phenoxy) is 1. The molecule has 11 heteroatoms. The van der Waals surface area contributed by atoms with Crippen molar-refractivity contribution in [1.82, 2.24) is 20.0 Å². The van der Waals surface area contributed by atoms with Crippen LogP contribution in [-0.4, -0.2) is 54.2 Å². The Labute approximate surface area is 194 Å². The molecule has 1 heterocycles. The van der Waals surface area contributed by atoms with Crippen LogP contribution in [0.2, 0.25) is 0 Å². The summed E-state index contributed by atoms with van der Waals surface area (Å²) in [6.07, 6.45) is -3.17. The molecule has 0 bridgehead atoms. The minimum atomic E-state index is -4.51. The molecule has 2 amide bonds. The molecule has 0 fully saturated rings. The average Bonchev–Trinajstić information content (AvgIpc) is 3.21. The van der Waals surface area contributed by atoms with Crippen molar-refractivity contribution in [3.8, 4) is 11.4 Å². The first-order valence-corrected chi connectivity index (χ1v) is 10.2. The van der Waals surface area contributed by atoms with Crippen molar-refractivity contribution in [2.24, 2.45) is 0 Å². The Balaban J connectivity index is 1.72. The fourth-order valence-electron chi connectivity index (χ4n) is 3.13. The first kappa shape index (κ1) is 24.8. The molecule has 0 saturated carbocycles. The van der Waals surface area contributed by atoms with E-state index in [1.165, 1.54) is 25.4 Å². The largest absolute Gasteiger partial charge is 0.493 e. The SMILES string of the molecule is COc1cn(-c2cccc(C(F)(F)F)c2)nc1C(=O)NCc1cccc(NC(=O)CN(C)C)c1. The number of hydrogen-bond acceptors (Lipinski definition) is 5. The lowest BCUT2D eigenvalue weighted by atomic mass is 10.2. The van der Waals surface area contributed by atoms with Crippen molar-refractivity contribution >= 4 is 17.5 Å². The van der Waals surface area contributed by atoms with Gasteiger partial charge in [0.1, 0.15) is 0 Å². The molecule has 180 valence electrons. The van der Waals surface area contributed by atoms with E-state index < -0.39 is 17.6 Å². The van der Waals surface area contributed by atoms with Gasteiger partial charge in [-0.2, -0.15) is 18.3 Å². The second-order valence-corrected chi connectivity index (χ2v) is 7.71. The Kier molecular flexibility index (Phi) is 7.57. The van der Waals surface area contributed by atoms with Crippen LogP contribution in [0.5, 0.6) is 5.75 Å². The van der Waals surface area contributed by atoms with Gasteiger partial charge in [-0.1, -0.05) is 18.2 Å². The molecule has 34 heavy (non-hydrogen) atoms. The topological polar surface area (TPSA) is 88.5 Å². The molecule has 8 nitrogen and oxygen atoms in total. The van der Waals surface area contributed by atoms with E-state index in [0.29, 0.717) is 5.69 Å². The Bertz CT molecular complexity index is 1170. The summed E-state index contributed by atoms with van der Waals surface area (Å²) in [5.41, 5.74) is 0.545. The minimum absolute atomic E-state index is 0.0737. The van der Waals surface area contributed by atoms with Gasteiger partial charge in [0, 0.05) is 12.2 Å². The Hall–Kier alpha value is -3.86. The van der Waals surface area contributed by atoms with Gasteiger partial charge in [-0.25, -0.2) is 4.68 Å². The normalized spacial score (nSPS) is 11.4. The van der Waals surface area contributed by atoms with E-state index in [4.69, 9.17) is 4.74 Å². The predicted molar refractivity (Wildman–Crippen MR) is 120 cm³/mol. The Morgan fingerprint density at radius 3 is 2.53 bits per heavy atom. The Morgan fingerprint density at radius 2 is 1.85 bits per heavy atom. The first-order valence-electron chi connectivity index (χ1n) is 10.2. The highest BCUT2D eigenvalue weighted by molar-refractivity contribution is 5.95. The summed E-state index contributed by atoms with van der Waals surface area (Å²) in [4.78, 5) is 26.4. The van der Waals surface area contributed by atoms with Gasteiger partial charge in [-0.3, -0.25) is 9.59 Å². The summed E-state index contributed by atoms with van der Waals surface area (Å²) in [6, 6.07) is 11.6. The monoisotopic (exact) mass is 475 g/mol. The lowest BCUT2D eigenvalue weighted by molar-refractivity contribution is -0.137. The van der Waals surface area contributed by atoms with E-state index in [-0.39, 0.29) is 36.1 Å². The standard InChI is InChI=1S/C23H24F3N5O3/c1-30(2)14-20(32)28-17-8-4-6-15(10-17)12-27-22(33)21-19(34-3)13-31(29-21)18-9-5-7-16(11-18)23(24,25)26/h4-11,13H,12,14H2,1-3H3,(H,27,33)(H,28,32). The highest BCUT2D eigenvalue weighted by atomic mass is 19.4. The zero-order chi connectivity index (χ0) is 24.9. The van der Waals surface area contributed by atoms with E-state index >= 15 is 0 Å². The van der Waals surface area contributed by atoms with Crippen LogP contribution in [0.1, 0.15) is 21.6 Å². The molecule has 0 saturated heterocycles. The molecule has 1 aromatic heterocycles. The lowest BCUT2D eigenvalue weighted by Gasteiger charge is -2.11. The van der Waals surface area contributed by atoms with Crippen LogP contribution in [-0.2, 0) is 17.5 Å². The molecule has 0 radical (unpaired) electrons. The number of likely N-dealkylation sites (N-methyl/N-ethyl adjacent to an activating group) is 1. The first-order chi connectivity index (χ1) is 16.1. The van der Waals surface area contributed by atoms with Gasteiger partial charge in [0.05, 0.1) is 31.1 Å². The Morgan fingerprint density at radius 1 is 1.12 bits per heavy atom. The number of halogens is 3. The molecular formula is C23H24F3N5O3. The van der Waals surface area contributed by atoms with Crippen molar-refractivity contribution in [3.05, 3.63) is 71.5 Å². The quantitative estimate of drug-likeness (QED) is 0.522. The highest BCUT2D eigenvalue weighted by Gasteiger charge is 2.30. The van der Waals surface area contributed by atoms with E-state index in [1.54, 1.807) is 43.3 Å². The zero-order valence-electron chi connectivity index (χ0n) is 18.8. The van der Waals surface area contributed by atoms with Gasteiger partial charge >= 0.3 is 6.18 Å². The summed E-state index contributed by atoms with van der Waals surface area (Å²) in [7, 11) is 4.91. The molecule has 0 aliphatic carbocycles. The number of benzene rings is 2. The van der Waals surface area contributed by atoms with Crippen molar-refractivity contribution in [2.45, 2.75) is 12.7 Å². The number of nitrogens with one attached hydrogen (secondary N) is 2. The summed E-state index contributed by atoms with van der Waals surface area (Å²) < 4.78 is 45.5. The number of anilines is 1. The van der Waals surface area contributed by atoms with Crippen LogP contribution in [0.4, 0.5) is 18.9 Å². The average molecular weight is 475 g/mol. The molecule has 2 N–H and O–H groups in total. The van der Waals surface area contributed by atoms with Gasteiger partial charge < -0.3 is 20.3 Å². The number of methoxy groups -OCH3 is 1. The summed E-state index contributed by atoms with van der Waals surface area (Å²) in [6.45, 7) is 0.366. The summed E-state index contributed by atoms with van der Waals surface area (Å²) in [5.74, 6) is -0.625. The second-order valence-electron chi connectivity index (χ2n) is 7.71. The fraction of sp³-hybridized carbons (Fsp3) is 0.261. The van der Waals surface area contributed by atoms with Gasteiger partial charge in [0.15, 0.2) is 11.4 Å². The van der Waals surface area contributed by atoms with E-state index in [0.717, 1.165) is 22.4 Å². The number of carbonyl (C=O) groups excluding carboxylic acids is 2. The second kappa shape index (κ2) is 10.4. The smallest absolute Gasteiger partial charge is 0.416 e. The van der Waals surface area contributed by atoms with Gasteiger partial charge in [-0.15, -0.1) is 0 Å².